The predicted octanol–water partition coefficient (Wildman–Crippen LogP) is 4.47. The highest BCUT2D eigenvalue weighted by Crippen LogP contribution is 2.48. The van der Waals surface area contributed by atoms with E-state index in [0.717, 1.165) is 51.4 Å². The van der Waals surface area contributed by atoms with Gasteiger partial charge in [0.1, 0.15) is 0 Å². The van der Waals surface area contributed by atoms with Crippen LogP contribution in [0.5, 0.6) is 0 Å². The van der Waals surface area contributed by atoms with Gasteiger partial charge in [-0.3, -0.25) is 4.79 Å². The lowest BCUT2D eigenvalue weighted by Crippen LogP contribution is -2.23. The highest BCUT2D eigenvalue weighted by molar-refractivity contribution is 5.75. The molecule has 0 unspecified atom stereocenters. The van der Waals surface area contributed by atoms with Crippen LogP contribution >= 0.6 is 0 Å². The Labute approximate surface area is 171 Å². The quantitative estimate of drug-likeness (QED) is 0.404. The van der Waals surface area contributed by atoms with E-state index >= 15 is 0 Å². The zero-order chi connectivity index (χ0) is 20.7. The Morgan fingerprint density at radius 3 is 2.75 bits per heavy atom. The number of amides is 1. The van der Waals surface area contributed by atoms with Crippen LogP contribution in [0.1, 0.15) is 78.1 Å². The molecule has 28 heavy (non-hydrogen) atoms. The van der Waals surface area contributed by atoms with E-state index in [9.17, 15) is 15.0 Å². The van der Waals surface area contributed by atoms with Crippen LogP contribution in [0.25, 0.3) is 0 Å². The van der Waals surface area contributed by atoms with Gasteiger partial charge in [0, 0.05) is 26.4 Å². The van der Waals surface area contributed by atoms with E-state index in [4.69, 9.17) is 0 Å². The Balaban J connectivity index is 1.78. The molecule has 2 aliphatic carbocycles. The number of aliphatic hydroxyl groups is 2. The van der Waals surface area contributed by atoms with Crippen LogP contribution in [0.2, 0.25) is 0 Å². The van der Waals surface area contributed by atoms with E-state index in [1.807, 2.05) is 21.0 Å². The lowest BCUT2D eigenvalue weighted by molar-refractivity contribution is -0.128. The number of carbonyl (C=O) groups excluding carboxylic acids is 1. The van der Waals surface area contributed by atoms with Crippen molar-refractivity contribution in [1.29, 1.82) is 0 Å². The minimum absolute atomic E-state index is 0.205. The molecule has 0 aromatic carbocycles. The van der Waals surface area contributed by atoms with Gasteiger partial charge in [-0.05, 0) is 63.7 Å². The predicted molar refractivity (Wildman–Crippen MR) is 115 cm³/mol. The lowest BCUT2D eigenvalue weighted by Gasteiger charge is -2.22. The van der Waals surface area contributed by atoms with Crippen molar-refractivity contribution < 1.29 is 15.0 Å². The molecule has 1 amide bonds. The smallest absolute Gasteiger partial charge is 0.222 e. The van der Waals surface area contributed by atoms with Gasteiger partial charge in [0.05, 0.1) is 11.7 Å². The molecule has 160 valence electrons. The summed E-state index contributed by atoms with van der Waals surface area (Å²) in [5.74, 6) is 1.41. The van der Waals surface area contributed by atoms with E-state index < -0.39 is 5.60 Å². The molecule has 0 radical (unpaired) electrons. The molecule has 0 aromatic rings. The Morgan fingerprint density at radius 1 is 1.32 bits per heavy atom. The molecule has 0 heterocycles. The normalized spacial score (nSPS) is 29.0. The Hall–Kier alpha value is -1.13. The summed E-state index contributed by atoms with van der Waals surface area (Å²) < 4.78 is 0. The van der Waals surface area contributed by atoms with Crippen molar-refractivity contribution in [1.82, 2.24) is 4.90 Å². The maximum atomic E-state index is 11.7. The summed E-state index contributed by atoms with van der Waals surface area (Å²) in [4.78, 5) is 13.3. The number of carbonyl (C=O) groups is 1. The van der Waals surface area contributed by atoms with Crippen molar-refractivity contribution in [2.45, 2.75) is 89.8 Å². The molecule has 4 nitrogen and oxygen atoms in total. The number of aliphatic hydroxyl groups excluding tert-OH is 1. The minimum Gasteiger partial charge on any atom is -0.392 e. The summed E-state index contributed by atoms with van der Waals surface area (Å²) in [6, 6.07) is 0. The van der Waals surface area contributed by atoms with Crippen molar-refractivity contribution in [2.75, 3.05) is 14.1 Å². The molecule has 0 saturated heterocycles. The largest absolute Gasteiger partial charge is 0.392 e. The van der Waals surface area contributed by atoms with Gasteiger partial charge >= 0.3 is 0 Å². The Bertz CT molecular complexity index is 564. The van der Waals surface area contributed by atoms with Crippen molar-refractivity contribution in [3.63, 3.8) is 0 Å². The summed E-state index contributed by atoms with van der Waals surface area (Å²) in [6.45, 7) is 4.06. The highest BCUT2D eigenvalue weighted by Gasteiger charge is 2.43. The first kappa shape index (κ1) is 23.2. The van der Waals surface area contributed by atoms with Gasteiger partial charge in [0.25, 0.3) is 0 Å². The van der Waals surface area contributed by atoms with Crippen LogP contribution in [-0.4, -0.2) is 46.8 Å². The molecule has 4 heteroatoms. The number of hydrogen-bond acceptors (Lipinski definition) is 3. The van der Waals surface area contributed by atoms with Crippen LogP contribution in [0.15, 0.2) is 23.8 Å². The zero-order valence-corrected chi connectivity index (χ0v) is 18.4. The average Bonchev–Trinajstić information content (AvgIpc) is 3.14. The first-order chi connectivity index (χ1) is 13.2. The van der Waals surface area contributed by atoms with Gasteiger partial charge in [-0.2, -0.15) is 0 Å². The van der Waals surface area contributed by atoms with Crippen molar-refractivity contribution >= 4 is 5.91 Å². The van der Waals surface area contributed by atoms with Crippen molar-refractivity contribution in [3.05, 3.63) is 23.8 Å². The molecule has 0 bridgehead atoms. The second kappa shape index (κ2) is 10.6. The molecule has 1 saturated carbocycles. The summed E-state index contributed by atoms with van der Waals surface area (Å²) >= 11 is 0. The van der Waals surface area contributed by atoms with Crippen LogP contribution in [0.4, 0.5) is 0 Å². The molecular formula is C24H41NO3. The average molecular weight is 392 g/mol. The molecule has 5 atom stereocenters. The number of allylic oxidation sites excluding steroid dienone is 2. The van der Waals surface area contributed by atoms with Gasteiger partial charge in [-0.1, -0.05) is 43.6 Å². The van der Waals surface area contributed by atoms with Gasteiger partial charge < -0.3 is 15.1 Å². The zero-order valence-electron chi connectivity index (χ0n) is 18.4. The molecule has 2 N–H and O–H groups in total. The van der Waals surface area contributed by atoms with Crippen molar-refractivity contribution in [2.24, 2.45) is 17.8 Å². The highest BCUT2D eigenvalue weighted by atomic mass is 16.3. The lowest BCUT2D eigenvalue weighted by atomic mass is 9.87. The van der Waals surface area contributed by atoms with E-state index in [1.54, 1.807) is 4.90 Å². The second-order valence-electron chi connectivity index (χ2n) is 9.47. The minimum atomic E-state index is -0.640. The van der Waals surface area contributed by atoms with E-state index in [-0.39, 0.29) is 17.9 Å². The maximum absolute atomic E-state index is 11.7. The molecule has 2 rings (SSSR count). The summed E-state index contributed by atoms with van der Waals surface area (Å²) in [5, 5.41) is 21.0. The monoisotopic (exact) mass is 391 g/mol. The van der Waals surface area contributed by atoms with Gasteiger partial charge in [0.2, 0.25) is 5.91 Å². The maximum Gasteiger partial charge on any atom is 0.222 e. The van der Waals surface area contributed by atoms with E-state index in [0.29, 0.717) is 24.7 Å². The van der Waals surface area contributed by atoms with E-state index in [1.165, 1.54) is 5.57 Å². The molecular weight excluding hydrogens is 350 g/mol. The number of fused-ring (bicyclic) bond motifs is 1. The van der Waals surface area contributed by atoms with Crippen LogP contribution in [0, 0.1) is 17.8 Å². The van der Waals surface area contributed by atoms with E-state index in [2.05, 4.69) is 25.2 Å². The standard InChI is InChI=1S/C24H41NO3/c1-5-6-13-24(2,28)14-9-11-20-21-16-18(15-19(21)17-22(20)26)10-7-8-12-23(27)25(3)4/h9,11,15,19-22,26,28H,5-8,10,12-14,16-17H2,1-4H3/t19-,20+,21-,22+,24-/m0/s1. The third-order valence-electron chi connectivity index (χ3n) is 6.57. The second-order valence-corrected chi connectivity index (χ2v) is 9.47. The van der Waals surface area contributed by atoms with Gasteiger partial charge in [0.15, 0.2) is 0 Å². The third kappa shape index (κ3) is 6.73. The SMILES string of the molecule is CCCC[C@](C)(O)CC=C[C@@H]1[C@H]2CC(CCCCC(=O)N(C)C)=C[C@H]2C[C@H]1O. The molecule has 0 aromatic heterocycles. The number of nitrogens with zero attached hydrogens (tertiary/aromatic N) is 1. The molecule has 2 aliphatic rings. The summed E-state index contributed by atoms with van der Waals surface area (Å²) in [7, 11) is 3.62. The number of rotatable bonds is 11. The number of unbranched alkanes of at least 4 members (excludes halogenated alkanes) is 2. The van der Waals surface area contributed by atoms with Crippen LogP contribution in [-0.2, 0) is 4.79 Å². The van der Waals surface area contributed by atoms with Crippen LogP contribution in [0.3, 0.4) is 0 Å². The van der Waals surface area contributed by atoms with Crippen LogP contribution < -0.4 is 0 Å². The Kier molecular flexibility index (Phi) is 8.76. The first-order valence-electron chi connectivity index (χ1n) is 11.2. The summed E-state index contributed by atoms with van der Waals surface area (Å²) in [5.41, 5.74) is 0.867. The fraction of sp³-hybridized carbons (Fsp3) is 0.792. The molecule has 1 fully saturated rings. The third-order valence-corrected chi connectivity index (χ3v) is 6.57. The fourth-order valence-corrected chi connectivity index (χ4v) is 4.78. The van der Waals surface area contributed by atoms with Gasteiger partial charge in [-0.15, -0.1) is 0 Å². The van der Waals surface area contributed by atoms with Crippen molar-refractivity contribution in [3.8, 4) is 0 Å². The Morgan fingerprint density at radius 2 is 2.07 bits per heavy atom. The summed E-state index contributed by atoms with van der Waals surface area (Å²) in [6.07, 6.45) is 15.7. The topological polar surface area (TPSA) is 60.8 Å². The molecule has 0 aliphatic heterocycles. The fourth-order valence-electron chi connectivity index (χ4n) is 4.78. The van der Waals surface area contributed by atoms with Gasteiger partial charge in [-0.25, -0.2) is 0 Å². The number of hydrogen-bond donors (Lipinski definition) is 2. The first-order valence-corrected chi connectivity index (χ1v) is 11.2. The molecule has 0 spiro atoms.